The Morgan fingerprint density at radius 1 is 1.31 bits per heavy atom. The van der Waals surface area contributed by atoms with Crippen LogP contribution in [0.4, 0.5) is 4.39 Å². The molecule has 1 aromatic carbocycles. The van der Waals surface area contributed by atoms with Crippen LogP contribution in [0.2, 0.25) is 0 Å². The molecule has 0 aliphatic rings. The van der Waals surface area contributed by atoms with Crippen molar-refractivity contribution in [1.29, 1.82) is 0 Å². The largest absolute Gasteiger partial charge is 0.441 e. The number of oxazole rings is 1. The van der Waals surface area contributed by atoms with Crippen LogP contribution in [-0.4, -0.2) is 4.98 Å². The van der Waals surface area contributed by atoms with E-state index >= 15 is 0 Å². The monoisotopic (exact) mass is 177 g/mol. The van der Waals surface area contributed by atoms with E-state index in [1.807, 2.05) is 0 Å². The second-order valence-electron chi connectivity index (χ2n) is 2.72. The predicted octanol–water partition coefficient (Wildman–Crippen LogP) is 2.79. The highest BCUT2D eigenvalue weighted by atomic mass is 19.1. The molecular weight excluding hydrogens is 169 g/mol. The Kier molecular flexibility index (Phi) is 1.85. The average molecular weight is 177 g/mol. The molecule has 0 atom stereocenters. The van der Waals surface area contributed by atoms with E-state index in [4.69, 9.17) is 4.42 Å². The average Bonchev–Trinajstić information content (AvgIpc) is 2.53. The summed E-state index contributed by atoms with van der Waals surface area (Å²) in [7, 11) is 0. The summed E-state index contributed by atoms with van der Waals surface area (Å²) in [5.41, 5.74) is 0.447. The van der Waals surface area contributed by atoms with Crippen LogP contribution < -0.4 is 0 Å². The third-order valence-corrected chi connectivity index (χ3v) is 1.76. The van der Waals surface area contributed by atoms with Crippen LogP contribution in [-0.2, 0) is 0 Å². The predicted molar refractivity (Wildman–Crippen MR) is 46.6 cm³/mol. The SMILES string of the molecule is Cc1ncc(-c2ccccc2F)o1. The van der Waals surface area contributed by atoms with Crippen LogP contribution in [0.25, 0.3) is 11.3 Å². The lowest BCUT2D eigenvalue weighted by molar-refractivity contribution is 0.528. The van der Waals surface area contributed by atoms with E-state index in [9.17, 15) is 4.39 Å². The summed E-state index contributed by atoms with van der Waals surface area (Å²) >= 11 is 0. The molecular formula is C10H8FNO. The van der Waals surface area contributed by atoms with Crippen molar-refractivity contribution in [1.82, 2.24) is 4.98 Å². The highest BCUT2D eigenvalue weighted by Crippen LogP contribution is 2.22. The van der Waals surface area contributed by atoms with Gasteiger partial charge in [0, 0.05) is 6.92 Å². The van der Waals surface area contributed by atoms with Crippen molar-refractivity contribution < 1.29 is 8.81 Å². The lowest BCUT2D eigenvalue weighted by atomic mass is 10.2. The van der Waals surface area contributed by atoms with Gasteiger partial charge in [-0.25, -0.2) is 9.37 Å². The minimum Gasteiger partial charge on any atom is -0.441 e. The Labute approximate surface area is 75.0 Å². The third-order valence-electron chi connectivity index (χ3n) is 1.76. The maximum Gasteiger partial charge on any atom is 0.191 e. The van der Waals surface area contributed by atoms with Crippen molar-refractivity contribution in [2.45, 2.75) is 6.92 Å². The molecule has 2 aromatic rings. The van der Waals surface area contributed by atoms with E-state index in [-0.39, 0.29) is 5.82 Å². The fraction of sp³-hybridized carbons (Fsp3) is 0.100. The summed E-state index contributed by atoms with van der Waals surface area (Å²) in [5.74, 6) is 0.715. The summed E-state index contributed by atoms with van der Waals surface area (Å²) in [5, 5.41) is 0. The number of rotatable bonds is 1. The van der Waals surface area contributed by atoms with Gasteiger partial charge in [0.2, 0.25) is 0 Å². The zero-order valence-corrected chi connectivity index (χ0v) is 7.12. The first-order valence-corrected chi connectivity index (χ1v) is 3.95. The number of nitrogens with zero attached hydrogens (tertiary/aromatic N) is 1. The molecule has 1 heterocycles. The second-order valence-corrected chi connectivity index (χ2v) is 2.72. The first-order chi connectivity index (χ1) is 6.27. The van der Waals surface area contributed by atoms with E-state index < -0.39 is 0 Å². The summed E-state index contributed by atoms with van der Waals surface area (Å²) in [6, 6.07) is 6.46. The standard InChI is InChI=1S/C10H8FNO/c1-7-12-6-10(13-7)8-4-2-3-5-9(8)11/h2-6H,1H3. The molecule has 1 aromatic heterocycles. The third kappa shape index (κ3) is 1.45. The molecule has 2 nitrogen and oxygen atoms in total. The van der Waals surface area contributed by atoms with E-state index in [0.29, 0.717) is 17.2 Å². The molecule has 0 amide bonds. The minimum absolute atomic E-state index is 0.293. The van der Waals surface area contributed by atoms with Gasteiger partial charge < -0.3 is 4.42 Å². The van der Waals surface area contributed by atoms with Crippen molar-refractivity contribution in [3.05, 3.63) is 42.2 Å². The van der Waals surface area contributed by atoms with Gasteiger partial charge in [-0.3, -0.25) is 0 Å². The second kappa shape index (κ2) is 3.01. The lowest BCUT2D eigenvalue weighted by Crippen LogP contribution is -1.79. The zero-order valence-electron chi connectivity index (χ0n) is 7.12. The Morgan fingerprint density at radius 2 is 2.08 bits per heavy atom. The molecule has 0 fully saturated rings. The molecule has 0 aliphatic carbocycles. The van der Waals surface area contributed by atoms with Crippen LogP contribution >= 0.6 is 0 Å². The quantitative estimate of drug-likeness (QED) is 0.669. The van der Waals surface area contributed by atoms with Gasteiger partial charge in [-0.1, -0.05) is 12.1 Å². The lowest BCUT2D eigenvalue weighted by Gasteiger charge is -1.96. The molecule has 0 spiro atoms. The summed E-state index contributed by atoms with van der Waals surface area (Å²) < 4.78 is 18.4. The highest BCUT2D eigenvalue weighted by Gasteiger charge is 2.07. The van der Waals surface area contributed by atoms with Crippen LogP contribution in [0.3, 0.4) is 0 Å². The molecule has 0 saturated heterocycles. The first kappa shape index (κ1) is 7.98. The van der Waals surface area contributed by atoms with Crippen molar-refractivity contribution >= 4 is 0 Å². The molecule has 0 unspecified atom stereocenters. The first-order valence-electron chi connectivity index (χ1n) is 3.95. The maximum atomic E-state index is 13.2. The van der Waals surface area contributed by atoms with E-state index in [0.717, 1.165) is 0 Å². The van der Waals surface area contributed by atoms with Crippen molar-refractivity contribution in [2.24, 2.45) is 0 Å². The molecule has 2 rings (SSSR count). The summed E-state index contributed by atoms with van der Waals surface area (Å²) in [6.07, 6.45) is 1.52. The number of halogens is 1. The van der Waals surface area contributed by atoms with Gasteiger partial charge in [0.15, 0.2) is 11.7 Å². The van der Waals surface area contributed by atoms with Crippen molar-refractivity contribution in [3.8, 4) is 11.3 Å². The fourth-order valence-electron chi connectivity index (χ4n) is 1.15. The number of hydrogen-bond donors (Lipinski definition) is 0. The van der Waals surface area contributed by atoms with E-state index in [1.54, 1.807) is 25.1 Å². The smallest absolute Gasteiger partial charge is 0.191 e. The normalized spacial score (nSPS) is 10.3. The Balaban J connectivity index is 2.52. The van der Waals surface area contributed by atoms with Gasteiger partial charge in [0.1, 0.15) is 5.82 Å². The molecule has 13 heavy (non-hydrogen) atoms. The summed E-state index contributed by atoms with van der Waals surface area (Å²) in [4.78, 5) is 3.90. The Morgan fingerprint density at radius 3 is 2.69 bits per heavy atom. The van der Waals surface area contributed by atoms with Crippen LogP contribution in [0.15, 0.2) is 34.9 Å². The van der Waals surface area contributed by atoms with Gasteiger partial charge in [0.25, 0.3) is 0 Å². The van der Waals surface area contributed by atoms with E-state index in [1.165, 1.54) is 12.3 Å². The van der Waals surface area contributed by atoms with Crippen LogP contribution in [0, 0.1) is 12.7 Å². The number of aryl methyl sites for hydroxylation is 1. The van der Waals surface area contributed by atoms with E-state index in [2.05, 4.69) is 4.98 Å². The topological polar surface area (TPSA) is 26.0 Å². The van der Waals surface area contributed by atoms with Gasteiger partial charge in [-0.15, -0.1) is 0 Å². The molecule has 0 bridgehead atoms. The molecule has 0 radical (unpaired) electrons. The zero-order chi connectivity index (χ0) is 9.26. The number of benzene rings is 1. The number of aromatic nitrogens is 1. The van der Waals surface area contributed by atoms with Crippen molar-refractivity contribution in [3.63, 3.8) is 0 Å². The van der Waals surface area contributed by atoms with Gasteiger partial charge in [-0.2, -0.15) is 0 Å². The van der Waals surface area contributed by atoms with Crippen LogP contribution in [0.5, 0.6) is 0 Å². The summed E-state index contributed by atoms with van der Waals surface area (Å²) in [6.45, 7) is 1.73. The Hall–Kier alpha value is -1.64. The molecule has 0 aliphatic heterocycles. The molecule has 66 valence electrons. The van der Waals surface area contributed by atoms with Gasteiger partial charge in [0.05, 0.1) is 11.8 Å². The van der Waals surface area contributed by atoms with Crippen molar-refractivity contribution in [2.75, 3.05) is 0 Å². The molecule has 0 N–H and O–H groups in total. The minimum atomic E-state index is -0.293. The molecule has 3 heteroatoms. The van der Waals surface area contributed by atoms with Crippen LogP contribution in [0.1, 0.15) is 5.89 Å². The Bertz CT molecular complexity index is 422. The van der Waals surface area contributed by atoms with Gasteiger partial charge >= 0.3 is 0 Å². The maximum absolute atomic E-state index is 13.2. The van der Waals surface area contributed by atoms with Gasteiger partial charge in [-0.05, 0) is 12.1 Å². The molecule has 0 saturated carbocycles. The highest BCUT2D eigenvalue weighted by molar-refractivity contribution is 5.56. The fourth-order valence-corrected chi connectivity index (χ4v) is 1.15. The number of hydrogen-bond acceptors (Lipinski definition) is 2.